The van der Waals surface area contributed by atoms with E-state index in [0.29, 0.717) is 5.69 Å². The Kier molecular flexibility index (Phi) is 3.91. The summed E-state index contributed by atoms with van der Waals surface area (Å²) < 4.78 is 1.58. The third-order valence-corrected chi connectivity index (χ3v) is 4.13. The van der Waals surface area contributed by atoms with E-state index in [9.17, 15) is 4.79 Å². The molecule has 0 aliphatic heterocycles. The first-order valence-corrected chi connectivity index (χ1v) is 6.95. The van der Waals surface area contributed by atoms with Crippen molar-refractivity contribution in [3.05, 3.63) is 43.8 Å². The van der Waals surface area contributed by atoms with Gasteiger partial charge in [-0.2, -0.15) is 0 Å². The highest BCUT2D eigenvalue weighted by atomic mass is 79.9. The number of aromatic amines is 1. The molecule has 2 aromatic heterocycles. The maximum atomic E-state index is 11.9. The largest absolute Gasteiger partial charge is 0.356 e. The average molecular weight is 334 g/mol. The topological polar surface area (TPSA) is 44.9 Å². The van der Waals surface area contributed by atoms with Crippen LogP contribution in [0.2, 0.25) is 4.34 Å². The van der Waals surface area contributed by atoms with Gasteiger partial charge < -0.3 is 10.3 Å². The first kappa shape index (κ1) is 12.7. The minimum absolute atomic E-state index is 0.0536. The minimum Gasteiger partial charge on any atom is -0.356 e. The third-order valence-electron chi connectivity index (χ3n) is 2.26. The maximum absolute atomic E-state index is 11.9. The summed E-state index contributed by atoms with van der Waals surface area (Å²) in [6.45, 7) is 1.93. The molecule has 0 fully saturated rings. The molecule has 90 valence electrons. The van der Waals surface area contributed by atoms with Crippen LogP contribution in [0.5, 0.6) is 0 Å². The zero-order valence-corrected chi connectivity index (χ0v) is 12.1. The van der Waals surface area contributed by atoms with Gasteiger partial charge in [-0.15, -0.1) is 11.3 Å². The molecule has 2 aromatic rings. The first-order chi connectivity index (χ1) is 8.06. The van der Waals surface area contributed by atoms with Gasteiger partial charge in [-0.05, 0) is 41.1 Å². The van der Waals surface area contributed by atoms with Gasteiger partial charge in [0.05, 0.1) is 10.4 Å². The molecule has 0 aliphatic carbocycles. The highest BCUT2D eigenvalue weighted by Gasteiger charge is 2.14. The maximum Gasteiger partial charge on any atom is 0.268 e. The monoisotopic (exact) mass is 332 g/mol. The van der Waals surface area contributed by atoms with Crippen LogP contribution in [0, 0.1) is 0 Å². The number of hydrogen-bond acceptors (Lipinski definition) is 2. The highest BCUT2D eigenvalue weighted by Crippen LogP contribution is 2.26. The Morgan fingerprint density at radius 2 is 2.35 bits per heavy atom. The van der Waals surface area contributed by atoms with Gasteiger partial charge in [0.15, 0.2) is 0 Å². The minimum atomic E-state index is -0.132. The number of rotatable bonds is 3. The summed E-state index contributed by atoms with van der Waals surface area (Å²) in [5.74, 6) is -0.132. The van der Waals surface area contributed by atoms with Crippen LogP contribution in [-0.2, 0) is 0 Å². The molecule has 0 spiro atoms. The van der Waals surface area contributed by atoms with E-state index in [1.807, 2.05) is 19.1 Å². The fourth-order valence-corrected chi connectivity index (χ4v) is 2.81. The quantitative estimate of drug-likeness (QED) is 0.876. The lowest BCUT2D eigenvalue weighted by Crippen LogP contribution is -2.26. The SMILES string of the molecule is CC(NC(=O)c1cc(Br)c[nH]1)c1ccc(Cl)s1. The Hall–Kier alpha value is -0.780. The fourth-order valence-electron chi connectivity index (χ4n) is 1.41. The molecule has 0 aromatic carbocycles. The van der Waals surface area contributed by atoms with Crippen LogP contribution in [0.15, 0.2) is 28.9 Å². The number of aromatic nitrogens is 1. The van der Waals surface area contributed by atoms with E-state index in [2.05, 4.69) is 26.2 Å². The summed E-state index contributed by atoms with van der Waals surface area (Å²) in [7, 11) is 0. The van der Waals surface area contributed by atoms with Crippen LogP contribution in [0.25, 0.3) is 0 Å². The van der Waals surface area contributed by atoms with Crippen molar-refractivity contribution in [2.75, 3.05) is 0 Å². The molecular weight excluding hydrogens is 324 g/mol. The zero-order valence-electron chi connectivity index (χ0n) is 8.96. The number of carbonyl (C=O) groups excluding carboxylic acids is 1. The second-order valence-corrected chi connectivity index (χ2v) is 6.23. The van der Waals surface area contributed by atoms with Crippen LogP contribution in [0.4, 0.5) is 0 Å². The van der Waals surface area contributed by atoms with Crippen LogP contribution in [-0.4, -0.2) is 10.9 Å². The van der Waals surface area contributed by atoms with E-state index < -0.39 is 0 Å². The van der Waals surface area contributed by atoms with Crippen molar-refractivity contribution >= 4 is 44.8 Å². The molecular formula is C11H10BrClN2OS. The highest BCUT2D eigenvalue weighted by molar-refractivity contribution is 9.10. The van der Waals surface area contributed by atoms with Crippen molar-refractivity contribution < 1.29 is 4.79 Å². The van der Waals surface area contributed by atoms with Gasteiger partial charge in [-0.25, -0.2) is 0 Å². The summed E-state index contributed by atoms with van der Waals surface area (Å²) >= 11 is 10.6. The molecule has 0 radical (unpaired) electrons. The smallest absolute Gasteiger partial charge is 0.268 e. The van der Waals surface area contributed by atoms with Gasteiger partial charge in [0.2, 0.25) is 0 Å². The molecule has 6 heteroatoms. The molecule has 0 saturated carbocycles. The average Bonchev–Trinajstić information content (AvgIpc) is 2.87. The number of halogens is 2. The van der Waals surface area contributed by atoms with E-state index in [0.717, 1.165) is 13.7 Å². The van der Waals surface area contributed by atoms with E-state index >= 15 is 0 Å². The molecule has 17 heavy (non-hydrogen) atoms. The number of hydrogen-bond donors (Lipinski definition) is 2. The zero-order chi connectivity index (χ0) is 12.4. The Balaban J connectivity index is 2.04. The summed E-state index contributed by atoms with van der Waals surface area (Å²) in [5.41, 5.74) is 0.534. The van der Waals surface area contributed by atoms with Gasteiger partial charge in [0.1, 0.15) is 5.69 Å². The van der Waals surface area contributed by atoms with Crippen LogP contribution < -0.4 is 5.32 Å². The van der Waals surface area contributed by atoms with Crippen molar-refractivity contribution in [2.45, 2.75) is 13.0 Å². The predicted octanol–water partition coefficient (Wildman–Crippen LogP) is 3.98. The van der Waals surface area contributed by atoms with Gasteiger partial charge in [-0.3, -0.25) is 4.79 Å². The Morgan fingerprint density at radius 3 is 2.88 bits per heavy atom. The molecule has 0 bridgehead atoms. The molecule has 0 saturated heterocycles. The number of carbonyl (C=O) groups is 1. The molecule has 1 atom stereocenters. The van der Waals surface area contributed by atoms with Crippen LogP contribution >= 0.6 is 38.9 Å². The summed E-state index contributed by atoms with van der Waals surface area (Å²) in [6, 6.07) is 5.43. The summed E-state index contributed by atoms with van der Waals surface area (Å²) in [4.78, 5) is 15.8. The van der Waals surface area contributed by atoms with Crippen molar-refractivity contribution in [3.8, 4) is 0 Å². The Morgan fingerprint density at radius 1 is 1.59 bits per heavy atom. The molecule has 1 amide bonds. The number of amides is 1. The Bertz CT molecular complexity index is 537. The molecule has 2 rings (SSSR count). The first-order valence-electron chi connectivity index (χ1n) is 4.96. The lowest BCUT2D eigenvalue weighted by molar-refractivity contribution is 0.0936. The normalized spacial score (nSPS) is 12.4. The molecule has 0 aliphatic rings. The van der Waals surface area contributed by atoms with Crippen molar-refractivity contribution in [1.82, 2.24) is 10.3 Å². The molecule has 2 N–H and O–H groups in total. The van der Waals surface area contributed by atoms with Crippen molar-refractivity contribution in [2.24, 2.45) is 0 Å². The second-order valence-electron chi connectivity index (χ2n) is 3.57. The van der Waals surface area contributed by atoms with E-state index in [1.165, 1.54) is 11.3 Å². The van der Waals surface area contributed by atoms with Gasteiger partial charge in [0, 0.05) is 15.5 Å². The van der Waals surface area contributed by atoms with Crippen LogP contribution in [0.1, 0.15) is 28.3 Å². The van der Waals surface area contributed by atoms with Gasteiger partial charge >= 0.3 is 0 Å². The third kappa shape index (κ3) is 3.12. The van der Waals surface area contributed by atoms with Crippen molar-refractivity contribution in [3.63, 3.8) is 0 Å². The number of H-pyrrole nitrogens is 1. The second kappa shape index (κ2) is 5.25. The van der Waals surface area contributed by atoms with Crippen molar-refractivity contribution in [1.29, 1.82) is 0 Å². The molecule has 1 unspecified atom stereocenters. The van der Waals surface area contributed by atoms with E-state index in [-0.39, 0.29) is 11.9 Å². The lowest BCUT2D eigenvalue weighted by atomic mass is 10.2. The predicted molar refractivity (Wildman–Crippen MR) is 73.7 cm³/mol. The van der Waals surface area contributed by atoms with E-state index in [1.54, 1.807) is 12.3 Å². The fraction of sp³-hybridized carbons (Fsp3) is 0.182. The van der Waals surface area contributed by atoms with E-state index in [4.69, 9.17) is 11.6 Å². The van der Waals surface area contributed by atoms with Gasteiger partial charge in [-0.1, -0.05) is 11.6 Å². The number of nitrogens with one attached hydrogen (secondary N) is 2. The molecule has 3 nitrogen and oxygen atoms in total. The Labute approximate surface area is 116 Å². The summed E-state index contributed by atoms with van der Waals surface area (Å²) in [6.07, 6.45) is 1.72. The number of thiophene rings is 1. The van der Waals surface area contributed by atoms with Gasteiger partial charge in [0.25, 0.3) is 5.91 Å². The standard InChI is InChI=1S/C11H10BrClN2OS/c1-6(9-2-3-10(13)17-9)15-11(16)8-4-7(12)5-14-8/h2-6,14H,1H3,(H,15,16). The van der Waals surface area contributed by atoms with Crippen LogP contribution in [0.3, 0.4) is 0 Å². The lowest BCUT2D eigenvalue weighted by Gasteiger charge is -2.10. The molecule has 2 heterocycles. The summed E-state index contributed by atoms with van der Waals surface area (Å²) in [5, 5.41) is 2.90.